The number of carbonyl (C=O) groups is 1. The first-order valence-corrected chi connectivity index (χ1v) is 12.6. The minimum absolute atomic E-state index is 0.00525. The molecule has 1 amide bonds. The van der Waals surface area contributed by atoms with Gasteiger partial charge in [0.1, 0.15) is 11.4 Å². The van der Waals surface area contributed by atoms with Crippen molar-refractivity contribution in [3.63, 3.8) is 0 Å². The van der Waals surface area contributed by atoms with Gasteiger partial charge in [-0.25, -0.2) is 4.39 Å². The van der Waals surface area contributed by atoms with Crippen molar-refractivity contribution in [1.82, 2.24) is 10.2 Å². The van der Waals surface area contributed by atoms with Crippen molar-refractivity contribution in [2.45, 2.75) is 44.2 Å². The van der Waals surface area contributed by atoms with Crippen LogP contribution in [0.5, 0.6) is 10.9 Å². The molecule has 5 rings (SSSR count). The summed E-state index contributed by atoms with van der Waals surface area (Å²) in [5.74, 6) is 0.105. The van der Waals surface area contributed by atoms with Crippen LogP contribution in [-0.2, 0) is 4.79 Å². The average molecular weight is 519 g/mol. The minimum Gasteiger partial charge on any atom is -0.496 e. The normalized spacial score (nSPS) is 24.2. The minimum atomic E-state index is -0.978. The Kier molecular flexibility index (Phi) is 7.56. The van der Waals surface area contributed by atoms with E-state index in [1.165, 1.54) is 13.3 Å². The van der Waals surface area contributed by atoms with E-state index in [2.05, 4.69) is 27.1 Å². The Balaban J connectivity index is 1.49. The van der Waals surface area contributed by atoms with Crippen molar-refractivity contribution in [3.05, 3.63) is 47.0 Å². The smallest absolute Gasteiger partial charge is 0.295 e. The maximum Gasteiger partial charge on any atom is 0.295 e. The van der Waals surface area contributed by atoms with Crippen LogP contribution in [0.4, 0.5) is 9.52 Å². The van der Waals surface area contributed by atoms with Crippen molar-refractivity contribution >= 4 is 45.8 Å². The predicted octanol–water partition coefficient (Wildman–Crippen LogP) is 5.92. The van der Waals surface area contributed by atoms with Gasteiger partial charge in [0.2, 0.25) is 5.13 Å². The van der Waals surface area contributed by atoms with Gasteiger partial charge in [-0.2, -0.15) is 0 Å². The number of carbonyl (C=O) groups excluding carboxylic acids is 1. The highest BCUT2D eigenvalue weighted by Gasteiger charge is 2.49. The Morgan fingerprint density at radius 3 is 2.63 bits per heavy atom. The number of amides is 1. The summed E-state index contributed by atoms with van der Waals surface area (Å²) in [7, 11) is 3.11. The van der Waals surface area contributed by atoms with E-state index in [0.29, 0.717) is 58.1 Å². The summed E-state index contributed by atoms with van der Waals surface area (Å²) in [5, 5.41) is 12.0. The number of aliphatic imine (C=N–C) groups is 1. The number of nitrogens with zero attached hydrogens (tertiary/aromatic N) is 3. The number of halogens is 2. The molecule has 1 N–H and O–H groups in total. The molecule has 0 spiro atoms. The lowest BCUT2D eigenvalue weighted by Crippen LogP contribution is -2.46. The predicted molar refractivity (Wildman–Crippen MR) is 138 cm³/mol. The van der Waals surface area contributed by atoms with Crippen LogP contribution < -0.4 is 14.8 Å². The summed E-state index contributed by atoms with van der Waals surface area (Å²) in [6.45, 7) is 4.34. The number of ether oxygens (including phenoxy) is 2. The number of methoxy groups -OCH3 is 1. The first-order valence-electron chi connectivity index (χ1n) is 11.4. The molecule has 7 nitrogen and oxygen atoms in total. The fourth-order valence-electron chi connectivity index (χ4n) is 4.77. The topological polar surface area (TPSA) is 85.7 Å². The lowest BCUT2D eigenvalue weighted by atomic mass is 9.60. The largest absolute Gasteiger partial charge is 0.496 e. The molecule has 1 aromatic heterocycles. The van der Waals surface area contributed by atoms with Gasteiger partial charge in [-0.1, -0.05) is 29.4 Å². The number of aromatic nitrogens is 2. The number of hydrogen-bond acceptors (Lipinski definition) is 7. The molecule has 3 aliphatic carbocycles. The van der Waals surface area contributed by atoms with Crippen LogP contribution in [0.2, 0.25) is 5.02 Å². The fraction of sp³-hybridized carbons (Fsp3) is 0.440. The second-order valence-electron chi connectivity index (χ2n) is 9.03. The van der Waals surface area contributed by atoms with Crippen molar-refractivity contribution in [1.29, 1.82) is 0 Å². The zero-order valence-corrected chi connectivity index (χ0v) is 21.3. The molecule has 0 radical (unpaired) electrons. The summed E-state index contributed by atoms with van der Waals surface area (Å²) >= 11 is 7.33. The van der Waals surface area contributed by atoms with Gasteiger partial charge in [-0.3, -0.25) is 15.1 Å². The third-order valence-electron chi connectivity index (χ3n) is 6.89. The van der Waals surface area contributed by atoms with E-state index < -0.39 is 11.6 Å². The number of anilines is 1. The molecule has 0 aliphatic heterocycles. The van der Waals surface area contributed by atoms with Crippen molar-refractivity contribution < 1.29 is 18.7 Å². The van der Waals surface area contributed by atoms with Gasteiger partial charge >= 0.3 is 0 Å². The molecule has 186 valence electrons. The van der Waals surface area contributed by atoms with E-state index in [1.807, 2.05) is 0 Å². The molecule has 3 fully saturated rings. The fourth-order valence-corrected chi connectivity index (χ4v) is 5.53. The van der Waals surface area contributed by atoms with Crippen molar-refractivity contribution in [3.8, 4) is 10.9 Å². The molecule has 0 saturated heterocycles. The third-order valence-corrected chi connectivity index (χ3v) is 7.87. The Hall–Kier alpha value is -2.78. The highest BCUT2D eigenvalue weighted by atomic mass is 35.5. The maximum atomic E-state index is 14.4. The Morgan fingerprint density at radius 2 is 2.00 bits per heavy atom. The molecular weight excluding hydrogens is 491 g/mol. The number of alkyl halides is 1. The van der Waals surface area contributed by atoms with Crippen LogP contribution in [0.15, 0.2) is 41.4 Å². The van der Waals surface area contributed by atoms with Crippen LogP contribution in [0.25, 0.3) is 5.57 Å². The molecule has 1 aromatic carbocycles. The van der Waals surface area contributed by atoms with Crippen LogP contribution in [0.1, 0.15) is 44.1 Å². The molecule has 3 aliphatic rings. The molecule has 10 heteroatoms. The van der Waals surface area contributed by atoms with Gasteiger partial charge in [-0.15, -0.1) is 5.10 Å². The molecule has 0 atom stereocenters. The van der Waals surface area contributed by atoms with Gasteiger partial charge in [0.15, 0.2) is 0 Å². The third kappa shape index (κ3) is 5.56. The van der Waals surface area contributed by atoms with Gasteiger partial charge in [0.05, 0.1) is 19.3 Å². The van der Waals surface area contributed by atoms with E-state index in [9.17, 15) is 9.18 Å². The molecular formula is C25H28ClFN4O3S. The van der Waals surface area contributed by atoms with Crippen LogP contribution >= 0.6 is 22.9 Å². The summed E-state index contributed by atoms with van der Waals surface area (Å²) < 4.78 is 25.8. The quantitative estimate of drug-likeness (QED) is 0.253. The second kappa shape index (κ2) is 10.5. The molecule has 3 saturated carbocycles. The van der Waals surface area contributed by atoms with Crippen LogP contribution in [-0.4, -0.2) is 48.8 Å². The highest BCUT2D eigenvalue weighted by Crippen LogP contribution is 2.54. The van der Waals surface area contributed by atoms with Gasteiger partial charge in [0, 0.05) is 29.3 Å². The van der Waals surface area contributed by atoms with Gasteiger partial charge < -0.3 is 9.47 Å². The number of fused-ring (bicyclic) bond motifs is 3. The van der Waals surface area contributed by atoms with E-state index >= 15 is 0 Å². The molecule has 1 heterocycles. The summed E-state index contributed by atoms with van der Waals surface area (Å²) in [4.78, 5) is 17.2. The maximum absolute atomic E-state index is 14.4. The summed E-state index contributed by atoms with van der Waals surface area (Å²) in [5.41, 5.74) is 0.405. The first-order chi connectivity index (χ1) is 16.8. The van der Waals surface area contributed by atoms with E-state index in [0.717, 1.165) is 30.6 Å². The number of rotatable bonds is 9. The number of nitrogens with one attached hydrogen (secondary N) is 1. The number of allylic oxidation sites excluding steroid dienone is 2. The molecule has 35 heavy (non-hydrogen) atoms. The van der Waals surface area contributed by atoms with E-state index in [4.69, 9.17) is 21.1 Å². The average Bonchev–Trinajstić information content (AvgIpc) is 3.31. The molecule has 2 bridgehead atoms. The first kappa shape index (κ1) is 25.3. The van der Waals surface area contributed by atoms with Crippen LogP contribution in [0, 0.1) is 5.41 Å². The number of hydrogen-bond donors (Lipinski definition) is 1. The van der Waals surface area contributed by atoms with Crippen LogP contribution in [0.3, 0.4) is 0 Å². The summed E-state index contributed by atoms with van der Waals surface area (Å²) in [6.07, 6.45) is 7.29. The monoisotopic (exact) mass is 518 g/mol. The van der Waals surface area contributed by atoms with E-state index in [1.54, 1.807) is 31.3 Å². The SMILES string of the molecule is C=C/C(=C(\C=NC)C(=O)Nc1nnc(OCC23CCC(F)(CC2)CC3)s1)c1cc(Cl)ccc1OC. The summed E-state index contributed by atoms with van der Waals surface area (Å²) in [6, 6.07) is 5.13. The van der Waals surface area contributed by atoms with E-state index in [-0.39, 0.29) is 11.0 Å². The van der Waals surface area contributed by atoms with Gasteiger partial charge in [0.25, 0.3) is 11.1 Å². The zero-order valence-electron chi connectivity index (χ0n) is 19.8. The Bertz CT molecular complexity index is 1150. The Morgan fingerprint density at radius 1 is 1.29 bits per heavy atom. The van der Waals surface area contributed by atoms with Crippen molar-refractivity contribution in [2.75, 3.05) is 26.1 Å². The molecule has 2 aromatic rings. The standard InChI is InChI=1S/C25H28ClFN4O3S/c1-4-17(18-13-16(26)5-6-20(18)33-3)19(14-28-2)21(32)29-22-30-31-23(35-22)34-15-24-7-10-25(27,11-8-24)12-9-24/h4-6,13-14H,1,7-12,15H2,2-3H3,(H,29,30,32)/b19-17-,28-14?. The molecule has 0 unspecified atom stereocenters. The highest BCUT2D eigenvalue weighted by molar-refractivity contribution is 7.17. The number of benzene rings is 1. The van der Waals surface area contributed by atoms with Gasteiger partial charge in [-0.05, 0) is 73.6 Å². The Labute approximate surface area is 213 Å². The zero-order chi connectivity index (χ0) is 25.1. The lowest BCUT2D eigenvalue weighted by Gasteiger charge is -2.49. The van der Waals surface area contributed by atoms with Crippen molar-refractivity contribution in [2.24, 2.45) is 10.4 Å². The lowest BCUT2D eigenvalue weighted by molar-refractivity contribution is -0.112. The second-order valence-corrected chi connectivity index (χ2v) is 10.4.